The predicted octanol–water partition coefficient (Wildman–Crippen LogP) is 1.16. The molecule has 0 saturated heterocycles. The third-order valence-electron chi connectivity index (χ3n) is 2.14. The zero-order valence-corrected chi connectivity index (χ0v) is 9.46. The first kappa shape index (κ1) is 10.8. The predicted molar refractivity (Wildman–Crippen MR) is 61.1 cm³/mol. The van der Waals surface area contributed by atoms with Crippen LogP contribution in [0.1, 0.15) is 19.4 Å². The lowest BCUT2D eigenvalue weighted by Gasteiger charge is -2.07. The van der Waals surface area contributed by atoms with Crippen LogP contribution in [0.2, 0.25) is 0 Å². The highest BCUT2D eigenvalue weighted by Crippen LogP contribution is 2.01. The first-order chi connectivity index (χ1) is 7.75. The van der Waals surface area contributed by atoms with Crippen LogP contribution in [0.4, 0.5) is 0 Å². The van der Waals surface area contributed by atoms with Crippen LogP contribution in [0.15, 0.2) is 31.1 Å². The van der Waals surface area contributed by atoms with Crippen molar-refractivity contribution in [2.45, 2.75) is 26.4 Å². The van der Waals surface area contributed by atoms with Crippen LogP contribution in [-0.4, -0.2) is 25.6 Å². The summed E-state index contributed by atoms with van der Waals surface area (Å²) in [4.78, 5) is 12.5. The number of nitrogens with zero attached hydrogens (tertiary/aromatic N) is 4. The Morgan fingerprint density at radius 3 is 2.62 bits per heavy atom. The highest BCUT2D eigenvalue weighted by atomic mass is 15.2. The monoisotopic (exact) mass is 217 g/mol. The van der Waals surface area contributed by atoms with E-state index in [1.807, 2.05) is 18.6 Å². The maximum Gasteiger partial charge on any atom is 0.234 e. The van der Waals surface area contributed by atoms with E-state index in [2.05, 4.69) is 34.1 Å². The summed E-state index contributed by atoms with van der Waals surface area (Å²) in [7, 11) is 0. The van der Waals surface area contributed by atoms with Crippen molar-refractivity contribution < 1.29 is 0 Å². The lowest BCUT2D eigenvalue weighted by atomic mass is 10.3. The molecule has 5 heteroatoms. The molecule has 0 atom stereocenters. The zero-order valence-electron chi connectivity index (χ0n) is 9.46. The molecule has 0 bridgehead atoms. The van der Waals surface area contributed by atoms with Gasteiger partial charge in [-0.05, 0) is 0 Å². The third-order valence-corrected chi connectivity index (χ3v) is 2.14. The van der Waals surface area contributed by atoms with Gasteiger partial charge >= 0.3 is 0 Å². The molecule has 1 N–H and O–H groups in total. The summed E-state index contributed by atoms with van der Waals surface area (Å²) in [5.41, 5.74) is 1.08. The van der Waals surface area contributed by atoms with Crippen LogP contribution in [0, 0.1) is 0 Å². The highest BCUT2D eigenvalue weighted by molar-refractivity contribution is 5.14. The maximum atomic E-state index is 4.27. The molecule has 2 aromatic rings. The van der Waals surface area contributed by atoms with Gasteiger partial charge in [-0.2, -0.15) is 0 Å². The molecule has 0 aliphatic carbocycles. The lowest BCUT2D eigenvalue weighted by molar-refractivity contribution is 0.586. The summed E-state index contributed by atoms with van der Waals surface area (Å²) in [5, 5.41) is 3.32. The minimum atomic E-state index is 0.466. The van der Waals surface area contributed by atoms with Gasteiger partial charge in [0.05, 0.1) is 0 Å². The Kier molecular flexibility index (Phi) is 3.26. The van der Waals surface area contributed by atoms with Crippen LogP contribution >= 0.6 is 0 Å². The topological polar surface area (TPSA) is 55.6 Å². The standard InChI is InChI=1S/C11H15N5/c1-9(2)13-5-10-6-14-11(15-7-10)16-4-3-12-8-16/h3-4,6-9,13H,5H2,1-2H3. The summed E-state index contributed by atoms with van der Waals surface area (Å²) >= 11 is 0. The Balaban J connectivity index is 2.05. The van der Waals surface area contributed by atoms with Crippen LogP contribution in [0.5, 0.6) is 0 Å². The van der Waals surface area contributed by atoms with Gasteiger partial charge in [0, 0.05) is 42.9 Å². The fourth-order valence-corrected chi connectivity index (χ4v) is 1.27. The van der Waals surface area contributed by atoms with E-state index in [0.29, 0.717) is 12.0 Å². The normalized spacial score (nSPS) is 10.9. The minimum absolute atomic E-state index is 0.466. The van der Waals surface area contributed by atoms with E-state index < -0.39 is 0 Å². The molecule has 5 nitrogen and oxygen atoms in total. The van der Waals surface area contributed by atoms with Crippen molar-refractivity contribution in [1.82, 2.24) is 24.8 Å². The van der Waals surface area contributed by atoms with Gasteiger partial charge in [-0.15, -0.1) is 0 Å². The Morgan fingerprint density at radius 1 is 1.31 bits per heavy atom. The van der Waals surface area contributed by atoms with Gasteiger partial charge in [-0.3, -0.25) is 4.57 Å². The molecule has 0 unspecified atom stereocenters. The van der Waals surface area contributed by atoms with Gasteiger partial charge in [-0.25, -0.2) is 15.0 Å². The van der Waals surface area contributed by atoms with Gasteiger partial charge in [0.25, 0.3) is 0 Å². The summed E-state index contributed by atoms with van der Waals surface area (Å²) in [5.74, 6) is 0.644. The van der Waals surface area contributed by atoms with Gasteiger partial charge in [0.2, 0.25) is 5.95 Å². The van der Waals surface area contributed by atoms with E-state index in [-0.39, 0.29) is 0 Å². The average molecular weight is 217 g/mol. The van der Waals surface area contributed by atoms with Crippen molar-refractivity contribution in [1.29, 1.82) is 0 Å². The molecular formula is C11H15N5. The number of rotatable bonds is 4. The number of aromatic nitrogens is 4. The molecule has 0 amide bonds. The van der Waals surface area contributed by atoms with E-state index in [9.17, 15) is 0 Å². The van der Waals surface area contributed by atoms with E-state index in [1.165, 1.54) is 0 Å². The van der Waals surface area contributed by atoms with Crippen LogP contribution in [0.3, 0.4) is 0 Å². The van der Waals surface area contributed by atoms with E-state index >= 15 is 0 Å². The molecule has 0 radical (unpaired) electrons. The number of nitrogens with one attached hydrogen (secondary N) is 1. The summed E-state index contributed by atoms with van der Waals surface area (Å²) in [6.45, 7) is 5.02. The van der Waals surface area contributed by atoms with E-state index in [4.69, 9.17) is 0 Å². The molecule has 16 heavy (non-hydrogen) atoms. The molecule has 0 aliphatic heterocycles. The van der Waals surface area contributed by atoms with Gasteiger partial charge in [0.15, 0.2) is 0 Å². The number of imidazole rings is 1. The van der Waals surface area contributed by atoms with Crippen molar-refractivity contribution in [3.63, 3.8) is 0 Å². The molecule has 0 aliphatic rings. The van der Waals surface area contributed by atoms with Gasteiger partial charge in [0.1, 0.15) is 6.33 Å². The van der Waals surface area contributed by atoms with Crippen LogP contribution in [0.25, 0.3) is 5.95 Å². The van der Waals surface area contributed by atoms with Gasteiger partial charge < -0.3 is 5.32 Å². The minimum Gasteiger partial charge on any atom is -0.310 e. The average Bonchev–Trinajstić information content (AvgIpc) is 2.80. The number of hydrogen-bond acceptors (Lipinski definition) is 4. The summed E-state index contributed by atoms with van der Waals surface area (Å²) < 4.78 is 1.78. The highest BCUT2D eigenvalue weighted by Gasteiger charge is 2.00. The van der Waals surface area contributed by atoms with E-state index in [1.54, 1.807) is 17.1 Å². The quantitative estimate of drug-likeness (QED) is 0.835. The van der Waals surface area contributed by atoms with Crippen molar-refractivity contribution in [2.75, 3.05) is 0 Å². The molecule has 2 heterocycles. The molecule has 2 rings (SSSR count). The van der Waals surface area contributed by atoms with E-state index in [0.717, 1.165) is 12.1 Å². The second-order valence-electron chi connectivity index (χ2n) is 3.90. The summed E-state index contributed by atoms with van der Waals surface area (Å²) in [6.07, 6.45) is 8.87. The summed E-state index contributed by atoms with van der Waals surface area (Å²) in [6, 6.07) is 0.466. The first-order valence-corrected chi connectivity index (χ1v) is 5.28. The second kappa shape index (κ2) is 4.85. The lowest BCUT2D eigenvalue weighted by Crippen LogP contribution is -2.22. The third kappa shape index (κ3) is 2.64. The molecular weight excluding hydrogens is 202 g/mol. The van der Waals surface area contributed by atoms with Crippen molar-refractivity contribution >= 4 is 0 Å². The van der Waals surface area contributed by atoms with Crippen LogP contribution in [-0.2, 0) is 6.54 Å². The molecule has 0 aromatic carbocycles. The SMILES string of the molecule is CC(C)NCc1cnc(-n2ccnc2)nc1. The van der Waals surface area contributed by atoms with Crippen LogP contribution < -0.4 is 5.32 Å². The Labute approximate surface area is 94.6 Å². The Hall–Kier alpha value is -1.75. The molecule has 0 saturated carbocycles. The number of hydrogen-bond donors (Lipinski definition) is 1. The fourth-order valence-electron chi connectivity index (χ4n) is 1.27. The maximum absolute atomic E-state index is 4.27. The molecule has 84 valence electrons. The first-order valence-electron chi connectivity index (χ1n) is 5.28. The van der Waals surface area contributed by atoms with Crippen molar-refractivity contribution in [3.05, 3.63) is 36.7 Å². The fraction of sp³-hybridized carbons (Fsp3) is 0.364. The second-order valence-corrected chi connectivity index (χ2v) is 3.90. The molecule has 0 fully saturated rings. The van der Waals surface area contributed by atoms with Crippen molar-refractivity contribution in [2.24, 2.45) is 0 Å². The Bertz CT molecular complexity index is 418. The van der Waals surface area contributed by atoms with Gasteiger partial charge in [-0.1, -0.05) is 13.8 Å². The Morgan fingerprint density at radius 2 is 2.06 bits per heavy atom. The molecule has 0 spiro atoms. The molecule has 2 aromatic heterocycles. The largest absolute Gasteiger partial charge is 0.310 e. The smallest absolute Gasteiger partial charge is 0.234 e. The van der Waals surface area contributed by atoms with Crippen molar-refractivity contribution in [3.8, 4) is 5.95 Å². The zero-order chi connectivity index (χ0) is 11.4.